The number of pyridine rings is 1. The van der Waals surface area contributed by atoms with Gasteiger partial charge in [0.15, 0.2) is 0 Å². The summed E-state index contributed by atoms with van der Waals surface area (Å²) in [6.07, 6.45) is 1.32. The van der Waals surface area contributed by atoms with E-state index in [1.807, 2.05) is 9.91 Å². The predicted octanol–water partition coefficient (Wildman–Crippen LogP) is 0.627. The summed E-state index contributed by atoms with van der Waals surface area (Å²) in [6, 6.07) is 2.77. The fourth-order valence-corrected chi connectivity index (χ4v) is 3.01. The van der Waals surface area contributed by atoms with Crippen molar-refractivity contribution >= 4 is 22.6 Å². The number of rotatable bonds is 3. The third-order valence-electron chi connectivity index (χ3n) is 4.36. The van der Waals surface area contributed by atoms with Crippen LogP contribution in [0.15, 0.2) is 23.1 Å². The second-order valence-corrected chi connectivity index (χ2v) is 5.90. The molecule has 1 aromatic carbocycles. The van der Waals surface area contributed by atoms with Crippen LogP contribution in [0.3, 0.4) is 0 Å². The molecule has 2 fully saturated rings. The van der Waals surface area contributed by atoms with Crippen molar-refractivity contribution in [3.8, 4) is 0 Å². The number of hydrogen-bond donors (Lipinski definition) is 1. The Morgan fingerprint density at radius 3 is 2.50 bits per heavy atom. The molecule has 4 rings (SSSR count). The van der Waals surface area contributed by atoms with Crippen LogP contribution in [0.5, 0.6) is 0 Å². The molecular formula is C16H16FN3O4. The lowest BCUT2D eigenvalue weighted by atomic mass is 10.1. The van der Waals surface area contributed by atoms with Gasteiger partial charge in [-0.3, -0.25) is 9.47 Å². The standard InChI is InChI=1S/C16H16FN3O4/c17-12-7-10-13(8-14(12)18-3-5-24-6-4-18)20(19-1-2-19)9-11(15(10)21)16(22)23/h7-9H,1-6H2,(H,22,23). The number of carboxylic acid groups (broad SMARTS) is 1. The molecule has 0 spiro atoms. The zero-order chi connectivity index (χ0) is 16.8. The molecule has 0 aliphatic carbocycles. The lowest BCUT2D eigenvalue weighted by molar-refractivity contribution is 0.0695. The highest BCUT2D eigenvalue weighted by molar-refractivity contribution is 5.93. The molecule has 8 heteroatoms. The number of nitrogens with zero attached hydrogens (tertiary/aromatic N) is 3. The number of carboxylic acids is 1. The summed E-state index contributed by atoms with van der Waals surface area (Å²) in [7, 11) is 0. The Balaban J connectivity index is 1.95. The van der Waals surface area contributed by atoms with E-state index in [1.165, 1.54) is 6.20 Å². The number of morpholine rings is 1. The van der Waals surface area contributed by atoms with E-state index in [2.05, 4.69) is 0 Å². The number of aromatic carboxylic acids is 1. The molecule has 0 unspecified atom stereocenters. The Morgan fingerprint density at radius 2 is 1.88 bits per heavy atom. The maximum absolute atomic E-state index is 14.6. The van der Waals surface area contributed by atoms with E-state index in [1.54, 1.807) is 10.7 Å². The molecule has 0 atom stereocenters. The summed E-state index contributed by atoms with van der Waals surface area (Å²) in [5.74, 6) is -1.84. The molecule has 2 aliphatic heterocycles. The van der Waals surface area contributed by atoms with Gasteiger partial charge >= 0.3 is 5.97 Å². The van der Waals surface area contributed by atoms with Gasteiger partial charge in [-0.2, -0.15) is 0 Å². The van der Waals surface area contributed by atoms with Crippen LogP contribution in [0.4, 0.5) is 10.1 Å². The van der Waals surface area contributed by atoms with E-state index < -0.39 is 17.2 Å². The van der Waals surface area contributed by atoms with Gasteiger partial charge in [0.1, 0.15) is 11.4 Å². The van der Waals surface area contributed by atoms with Crippen molar-refractivity contribution in [2.75, 3.05) is 49.3 Å². The van der Waals surface area contributed by atoms with Gasteiger partial charge in [0.25, 0.3) is 0 Å². The molecule has 2 saturated heterocycles. The summed E-state index contributed by atoms with van der Waals surface area (Å²) >= 11 is 0. The van der Waals surface area contributed by atoms with Gasteiger partial charge in [-0.1, -0.05) is 0 Å². The minimum Gasteiger partial charge on any atom is -0.477 e. The van der Waals surface area contributed by atoms with E-state index in [0.29, 0.717) is 37.5 Å². The number of ether oxygens (including phenoxy) is 1. The summed E-state index contributed by atoms with van der Waals surface area (Å²) in [5.41, 5.74) is -0.0924. The lowest BCUT2D eigenvalue weighted by Crippen LogP contribution is -2.37. The molecular weight excluding hydrogens is 317 g/mol. The first kappa shape index (κ1) is 14.9. The highest BCUT2D eigenvalue weighted by Crippen LogP contribution is 2.27. The zero-order valence-corrected chi connectivity index (χ0v) is 12.9. The average molecular weight is 333 g/mol. The second-order valence-electron chi connectivity index (χ2n) is 5.90. The van der Waals surface area contributed by atoms with Gasteiger partial charge in [-0.15, -0.1) is 0 Å². The van der Waals surface area contributed by atoms with Crippen molar-refractivity contribution in [3.05, 3.63) is 39.9 Å². The molecule has 1 N–H and O–H groups in total. The Bertz CT molecular complexity index is 885. The first-order chi connectivity index (χ1) is 11.6. The summed E-state index contributed by atoms with van der Waals surface area (Å²) in [5, 5.41) is 11.2. The highest BCUT2D eigenvalue weighted by atomic mass is 19.1. The first-order valence-corrected chi connectivity index (χ1v) is 7.76. The molecule has 2 aliphatic rings. The molecule has 1 aromatic heterocycles. The van der Waals surface area contributed by atoms with Crippen LogP contribution in [0.25, 0.3) is 10.9 Å². The van der Waals surface area contributed by atoms with Gasteiger partial charge < -0.3 is 19.8 Å². The summed E-state index contributed by atoms with van der Waals surface area (Å²) < 4.78 is 21.5. The van der Waals surface area contributed by atoms with Crippen molar-refractivity contribution in [2.45, 2.75) is 0 Å². The van der Waals surface area contributed by atoms with Crippen LogP contribution in [-0.4, -0.2) is 55.1 Å². The summed E-state index contributed by atoms with van der Waals surface area (Å²) in [6.45, 7) is 3.72. The Hall–Kier alpha value is -2.61. The largest absolute Gasteiger partial charge is 0.477 e. The van der Waals surface area contributed by atoms with Crippen LogP contribution in [-0.2, 0) is 4.74 Å². The minimum atomic E-state index is -1.31. The van der Waals surface area contributed by atoms with Crippen LogP contribution in [0.2, 0.25) is 0 Å². The Kier molecular flexibility index (Phi) is 3.42. The highest BCUT2D eigenvalue weighted by Gasteiger charge is 2.25. The van der Waals surface area contributed by atoms with E-state index in [0.717, 1.165) is 19.2 Å². The SMILES string of the molecule is O=C(O)c1cn(N2CC2)c2cc(N3CCOCC3)c(F)cc2c1=O. The molecule has 126 valence electrons. The molecule has 0 bridgehead atoms. The number of benzene rings is 1. The topological polar surface area (TPSA) is 74.8 Å². The van der Waals surface area contributed by atoms with Crippen LogP contribution in [0, 0.1) is 5.82 Å². The fraction of sp³-hybridized carbons (Fsp3) is 0.375. The molecule has 0 amide bonds. The van der Waals surface area contributed by atoms with Gasteiger partial charge in [-0.05, 0) is 12.1 Å². The lowest BCUT2D eigenvalue weighted by Gasteiger charge is -2.29. The quantitative estimate of drug-likeness (QED) is 0.831. The number of hydrogen-bond acceptors (Lipinski definition) is 5. The van der Waals surface area contributed by atoms with Crippen molar-refractivity contribution in [3.63, 3.8) is 0 Å². The van der Waals surface area contributed by atoms with Crippen molar-refractivity contribution in [1.82, 2.24) is 4.68 Å². The molecule has 3 heterocycles. The number of halogens is 1. The van der Waals surface area contributed by atoms with E-state index in [4.69, 9.17) is 4.74 Å². The number of anilines is 1. The molecule has 0 saturated carbocycles. The van der Waals surface area contributed by atoms with E-state index in [9.17, 15) is 19.1 Å². The Morgan fingerprint density at radius 1 is 1.17 bits per heavy atom. The third-order valence-corrected chi connectivity index (χ3v) is 4.36. The Labute approximate surface area is 136 Å². The monoisotopic (exact) mass is 333 g/mol. The number of carbonyl (C=O) groups is 1. The molecule has 0 radical (unpaired) electrons. The van der Waals surface area contributed by atoms with Gasteiger partial charge in [0, 0.05) is 19.3 Å². The first-order valence-electron chi connectivity index (χ1n) is 7.76. The predicted molar refractivity (Wildman–Crippen MR) is 86.1 cm³/mol. The summed E-state index contributed by atoms with van der Waals surface area (Å²) in [4.78, 5) is 25.6. The smallest absolute Gasteiger partial charge is 0.341 e. The van der Waals surface area contributed by atoms with Crippen LogP contribution >= 0.6 is 0 Å². The van der Waals surface area contributed by atoms with Gasteiger partial charge in [-0.25, -0.2) is 9.18 Å². The minimum absolute atomic E-state index is 0.0799. The maximum Gasteiger partial charge on any atom is 0.341 e. The molecule has 7 nitrogen and oxygen atoms in total. The van der Waals surface area contributed by atoms with E-state index >= 15 is 0 Å². The van der Waals surface area contributed by atoms with Crippen LogP contribution in [0.1, 0.15) is 10.4 Å². The normalized spacial score (nSPS) is 17.4. The van der Waals surface area contributed by atoms with Crippen molar-refractivity contribution < 1.29 is 19.0 Å². The number of aromatic nitrogens is 1. The fourth-order valence-electron chi connectivity index (χ4n) is 3.01. The van der Waals surface area contributed by atoms with Crippen LogP contribution < -0.4 is 15.3 Å². The van der Waals surface area contributed by atoms with E-state index in [-0.39, 0.29) is 10.9 Å². The third kappa shape index (κ3) is 2.39. The number of fused-ring (bicyclic) bond motifs is 1. The average Bonchev–Trinajstić information content (AvgIpc) is 3.40. The molecule has 24 heavy (non-hydrogen) atoms. The molecule has 2 aromatic rings. The van der Waals surface area contributed by atoms with Gasteiger partial charge in [0.2, 0.25) is 5.43 Å². The van der Waals surface area contributed by atoms with Crippen molar-refractivity contribution in [2.24, 2.45) is 0 Å². The van der Waals surface area contributed by atoms with Gasteiger partial charge in [0.05, 0.1) is 42.9 Å². The maximum atomic E-state index is 14.6. The second kappa shape index (κ2) is 5.48. The zero-order valence-electron chi connectivity index (χ0n) is 12.9. The van der Waals surface area contributed by atoms with Crippen molar-refractivity contribution in [1.29, 1.82) is 0 Å².